The topological polar surface area (TPSA) is 3.24 Å². The van der Waals surface area contributed by atoms with Gasteiger partial charge in [0.2, 0.25) is 0 Å². The van der Waals surface area contributed by atoms with E-state index in [4.69, 9.17) is 0 Å². The maximum atomic E-state index is 2.67. The van der Waals surface area contributed by atoms with E-state index >= 15 is 0 Å². The minimum Gasteiger partial charge on any atom is -0.303 e. The molecule has 2 aliphatic carbocycles. The van der Waals surface area contributed by atoms with Crippen molar-refractivity contribution in [3.8, 4) is 0 Å². The first kappa shape index (κ1) is 14.8. The molecule has 1 unspecified atom stereocenters. The first-order valence-corrected chi connectivity index (χ1v) is 9.43. The highest BCUT2D eigenvalue weighted by Gasteiger charge is 2.52. The van der Waals surface area contributed by atoms with Crippen molar-refractivity contribution in [3.05, 3.63) is 34.9 Å². The Morgan fingerprint density at radius 3 is 2.91 bits per heavy atom. The molecule has 1 aromatic carbocycles. The zero-order chi connectivity index (χ0) is 15.3. The van der Waals surface area contributed by atoms with E-state index in [1.807, 2.05) is 0 Å². The highest BCUT2D eigenvalue weighted by molar-refractivity contribution is 5.43. The number of benzene rings is 1. The van der Waals surface area contributed by atoms with Gasteiger partial charge in [-0.1, -0.05) is 44.9 Å². The van der Waals surface area contributed by atoms with E-state index in [2.05, 4.69) is 44.0 Å². The van der Waals surface area contributed by atoms with Crippen LogP contribution in [0, 0.1) is 11.8 Å². The van der Waals surface area contributed by atoms with Crippen molar-refractivity contribution >= 4 is 0 Å². The third-order valence-electron chi connectivity index (χ3n) is 6.82. The molecule has 22 heavy (non-hydrogen) atoms. The van der Waals surface area contributed by atoms with Crippen LogP contribution in [0.5, 0.6) is 0 Å². The maximum absolute atomic E-state index is 2.67. The number of rotatable bonds is 2. The summed E-state index contributed by atoms with van der Waals surface area (Å²) in [6, 6.07) is 8.31. The van der Waals surface area contributed by atoms with E-state index in [0.717, 1.165) is 17.9 Å². The summed E-state index contributed by atoms with van der Waals surface area (Å²) >= 11 is 0. The van der Waals surface area contributed by atoms with Gasteiger partial charge in [-0.2, -0.15) is 0 Å². The molecule has 120 valence electrons. The second-order valence-corrected chi connectivity index (χ2v) is 8.60. The average Bonchev–Trinajstić information content (AvgIpc) is 2.51. The van der Waals surface area contributed by atoms with Gasteiger partial charge in [-0.25, -0.2) is 0 Å². The third kappa shape index (κ3) is 2.16. The van der Waals surface area contributed by atoms with Gasteiger partial charge in [-0.3, -0.25) is 0 Å². The number of likely N-dealkylation sites (N-methyl/N-ethyl adjacent to an activating group) is 1. The summed E-state index contributed by atoms with van der Waals surface area (Å²) in [6.07, 6.45) is 9.72. The Balaban J connectivity index is 1.80. The van der Waals surface area contributed by atoms with Crippen LogP contribution in [-0.4, -0.2) is 24.5 Å². The van der Waals surface area contributed by atoms with E-state index in [1.54, 1.807) is 16.7 Å². The zero-order valence-corrected chi connectivity index (χ0v) is 14.6. The molecule has 1 saturated carbocycles. The van der Waals surface area contributed by atoms with E-state index < -0.39 is 0 Å². The second-order valence-electron chi connectivity index (χ2n) is 8.60. The molecule has 2 fully saturated rings. The van der Waals surface area contributed by atoms with Gasteiger partial charge in [0.1, 0.15) is 0 Å². The van der Waals surface area contributed by atoms with Gasteiger partial charge in [-0.05, 0) is 74.2 Å². The van der Waals surface area contributed by atoms with E-state index in [9.17, 15) is 0 Å². The minimum atomic E-state index is 0.524. The molecule has 0 radical (unpaired) electrons. The van der Waals surface area contributed by atoms with E-state index in [0.29, 0.717) is 5.41 Å². The van der Waals surface area contributed by atoms with E-state index in [-0.39, 0.29) is 0 Å². The average molecular weight is 297 g/mol. The van der Waals surface area contributed by atoms with Gasteiger partial charge in [0.05, 0.1) is 0 Å². The molecule has 4 rings (SSSR count). The largest absolute Gasteiger partial charge is 0.303 e. The van der Waals surface area contributed by atoms with Crippen molar-refractivity contribution in [1.29, 1.82) is 0 Å². The Kier molecular flexibility index (Phi) is 3.60. The van der Waals surface area contributed by atoms with Crippen LogP contribution in [0.1, 0.15) is 62.6 Å². The maximum Gasteiger partial charge on any atom is 0.0169 e. The number of likely N-dealkylation sites (tertiary alicyclic amines) is 1. The summed E-state index contributed by atoms with van der Waals surface area (Å²) in [5, 5.41) is 0. The number of hydrogen-bond donors (Lipinski definition) is 0. The molecule has 1 nitrogen and oxygen atoms in total. The van der Waals surface area contributed by atoms with Gasteiger partial charge in [0, 0.05) is 11.5 Å². The van der Waals surface area contributed by atoms with Crippen LogP contribution in [-0.2, 0) is 18.3 Å². The molecule has 2 bridgehead atoms. The molecule has 0 spiro atoms. The number of fused-ring (bicyclic) bond motifs is 1. The highest BCUT2D eigenvalue weighted by atomic mass is 15.1. The fourth-order valence-corrected chi connectivity index (χ4v) is 5.84. The van der Waals surface area contributed by atoms with Crippen LogP contribution < -0.4 is 0 Å². The smallest absolute Gasteiger partial charge is 0.0169 e. The summed E-state index contributed by atoms with van der Waals surface area (Å²) in [5.74, 6) is 1.67. The van der Waals surface area contributed by atoms with Gasteiger partial charge >= 0.3 is 0 Å². The molecule has 1 aromatic rings. The van der Waals surface area contributed by atoms with Crippen LogP contribution in [0.3, 0.4) is 0 Å². The Bertz CT molecular complexity index is 561. The summed E-state index contributed by atoms with van der Waals surface area (Å²) in [7, 11) is 2.36. The zero-order valence-electron chi connectivity index (χ0n) is 14.6. The number of nitrogens with zero attached hydrogens (tertiary/aromatic N) is 1. The van der Waals surface area contributed by atoms with Gasteiger partial charge in [0.25, 0.3) is 0 Å². The van der Waals surface area contributed by atoms with Gasteiger partial charge in [0.15, 0.2) is 0 Å². The van der Waals surface area contributed by atoms with E-state index in [1.165, 1.54) is 51.5 Å². The standard InChI is InChI=1S/C21H31N/c1-15(2)12-16-7-8-17-14-20-18-6-4-5-9-21(18,19(17)13-16)10-11-22(20)3/h7-8,13,15,18,20H,4-6,9-12,14H2,1-3H3/t18-,20+,21?/m1/s1. The third-order valence-corrected chi connectivity index (χ3v) is 6.82. The second kappa shape index (κ2) is 5.37. The fraction of sp³-hybridized carbons (Fsp3) is 0.714. The fourth-order valence-electron chi connectivity index (χ4n) is 5.84. The molecule has 1 aliphatic heterocycles. The molecule has 1 heteroatoms. The molecular weight excluding hydrogens is 266 g/mol. The van der Waals surface area contributed by atoms with Crippen LogP contribution in [0.4, 0.5) is 0 Å². The molecule has 0 amide bonds. The summed E-state index contributed by atoms with van der Waals surface area (Å²) in [6.45, 7) is 5.98. The molecule has 3 atom stereocenters. The lowest BCUT2D eigenvalue weighted by molar-refractivity contribution is 0.00281. The first-order valence-electron chi connectivity index (χ1n) is 9.43. The predicted octanol–water partition coefficient (Wildman–Crippen LogP) is 4.57. The monoisotopic (exact) mass is 297 g/mol. The summed E-state index contributed by atoms with van der Waals surface area (Å²) in [5.41, 5.74) is 5.53. The van der Waals surface area contributed by atoms with Crippen molar-refractivity contribution in [2.24, 2.45) is 11.8 Å². The lowest BCUT2D eigenvalue weighted by atomic mass is 9.52. The van der Waals surface area contributed by atoms with Crippen LogP contribution >= 0.6 is 0 Å². The number of piperidine rings is 1. The minimum absolute atomic E-state index is 0.524. The van der Waals surface area contributed by atoms with Gasteiger partial charge in [-0.15, -0.1) is 0 Å². The Morgan fingerprint density at radius 1 is 1.23 bits per heavy atom. The normalized spacial score (nSPS) is 34.4. The van der Waals surface area contributed by atoms with Crippen molar-refractivity contribution in [2.75, 3.05) is 13.6 Å². The Labute approximate surface area is 136 Å². The molecule has 0 N–H and O–H groups in total. The van der Waals surface area contributed by atoms with Crippen LogP contribution in [0.2, 0.25) is 0 Å². The predicted molar refractivity (Wildman–Crippen MR) is 93.4 cm³/mol. The summed E-state index contributed by atoms with van der Waals surface area (Å²) in [4.78, 5) is 2.67. The highest BCUT2D eigenvalue weighted by Crippen LogP contribution is 2.55. The first-order chi connectivity index (χ1) is 10.6. The van der Waals surface area contributed by atoms with Crippen LogP contribution in [0.15, 0.2) is 18.2 Å². The van der Waals surface area contributed by atoms with Crippen molar-refractivity contribution < 1.29 is 0 Å². The Morgan fingerprint density at radius 2 is 2.09 bits per heavy atom. The molecule has 3 aliphatic rings. The lowest BCUT2D eigenvalue weighted by Crippen LogP contribution is -2.59. The molecular formula is C21H31N. The van der Waals surface area contributed by atoms with Crippen LogP contribution in [0.25, 0.3) is 0 Å². The molecule has 1 heterocycles. The molecule has 1 saturated heterocycles. The van der Waals surface area contributed by atoms with Crippen molar-refractivity contribution in [2.45, 2.75) is 70.3 Å². The molecule has 0 aromatic heterocycles. The lowest BCUT2D eigenvalue weighted by Gasteiger charge is -2.58. The SMILES string of the molecule is CC(C)Cc1ccc2c(c1)C13CCCC[C@@H]1[C@H](C2)N(C)CC3. The van der Waals surface area contributed by atoms with Crippen molar-refractivity contribution in [3.63, 3.8) is 0 Å². The van der Waals surface area contributed by atoms with Gasteiger partial charge < -0.3 is 4.90 Å². The van der Waals surface area contributed by atoms with Crippen molar-refractivity contribution in [1.82, 2.24) is 4.90 Å². The quantitative estimate of drug-likeness (QED) is 0.772. The Hall–Kier alpha value is -0.820. The number of hydrogen-bond acceptors (Lipinski definition) is 1. The summed E-state index contributed by atoms with van der Waals surface area (Å²) < 4.78 is 0.